The maximum Gasteiger partial charge on any atom is 0.274 e. The summed E-state index contributed by atoms with van der Waals surface area (Å²) in [5.74, 6) is 0. The van der Waals surface area contributed by atoms with Crippen LogP contribution in [0.1, 0.15) is 24.8 Å². The third kappa shape index (κ3) is 2.68. The number of benzene rings is 1. The third-order valence-corrected chi connectivity index (χ3v) is 4.53. The van der Waals surface area contributed by atoms with Gasteiger partial charge in [0.25, 0.3) is 5.56 Å². The molecule has 0 amide bonds. The van der Waals surface area contributed by atoms with Crippen molar-refractivity contribution in [3.63, 3.8) is 0 Å². The van der Waals surface area contributed by atoms with E-state index in [1.807, 2.05) is 24.4 Å². The first-order valence-electron chi connectivity index (χ1n) is 8.19. The zero-order valence-corrected chi connectivity index (χ0v) is 13.0. The Labute approximate surface area is 134 Å². The van der Waals surface area contributed by atoms with E-state index in [9.17, 15) is 4.79 Å². The SMILES string of the molecule is O=c1[nH]ccn2nc(-c3ccccc3)c(CN3CCCCC3)c12. The average Bonchev–Trinajstić information content (AvgIpc) is 2.96. The molecule has 5 heteroatoms. The molecule has 1 N–H and O–H groups in total. The van der Waals surface area contributed by atoms with Gasteiger partial charge in [0.2, 0.25) is 0 Å². The number of H-pyrrole nitrogens is 1. The van der Waals surface area contributed by atoms with E-state index in [1.165, 1.54) is 19.3 Å². The number of hydrogen-bond acceptors (Lipinski definition) is 3. The molecule has 0 aliphatic carbocycles. The van der Waals surface area contributed by atoms with Crippen molar-refractivity contribution in [2.24, 2.45) is 0 Å². The van der Waals surface area contributed by atoms with Crippen molar-refractivity contribution in [3.8, 4) is 11.3 Å². The lowest BCUT2D eigenvalue weighted by molar-refractivity contribution is 0.222. The maximum absolute atomic E-state index is 12.4. The van der Waals surface area contributed by atoms with Gasteiger partial charge in [-0.05, 0) is 25.9 Å². The Balaban J connectivity index is 1.86. The fourth-order valence-corrected chi connectivity index (χ4v) is 3.39. The second kappa shape index (κ2) is 6.01. The lowest BCUT2D eigenvalue weighted by Crippen LogP contribution is -2.29. The van der Waals surface area contributed by atoms with Crippen LogP contribution in [0, 0.1) is 0 Å². The average molecular weight is 308 g/mol. The number of piperidine rings is 1. The highest BCUT2D eigenvalue weighted by atomic mass is 16.1. The first-order chi connectivity index (χ1) is 11.3. The molecule has 2 aromatic heterocycles. The zero-order valence-electron chi connectivity index (χ0n) is 13.0. The molecule has 1 aliphatic rings. The summed E-state index contributed by atoms with van der Waals surface area (Å²) in [5, 5.41) is 4.68. The van der Waals surface area contributed by atoms with Crippen LogP contribution in [-0.2, 0) is 6.54 Å². The number of aromatic amines is 1. The molecule has 0 atom stereocenters. The molecule has 0 spiro atoms. The van der Waals surface area contributed by atoms with Gasteiger partial charge in [0.1, 0.15) is 5.52 Å². The number of likely N-dealkylation sites (tertiary alicyclic amines) is 1. The Bertz CT molecular complexity index is 860. The first-order valence-corrected chi connectivity index (χ1v) is 8.19. The van der Waals surface area contributed by atoms with Crippen molar-refractivity contribution in [2.75, 3.05) is 13.1 Å². The van der Waals surface area contributed by atoms with Crippen LogP contribution in [0.25, 0.3) is 16.8 Å². The molecular weight excluding hydrogens is 288 g/mol. The molecule has 3 heterocycles. The highest BCUT2D eigenvalue weighted by Gasteiger charge is 2.20. The van der Waals surface area contributed by atoms with E-state index in [-0.39, 0.29) is 5.56 Å². The van der Waals surface area contributed by atoms with Crippen molar-refractivity contribution in [1.82, 2.24) is 19.5 Å². The molecule has 0 unspecified atom stereocenters. The van der Waals surface area contributed by atoms with Crippen molar-refractivity contribution >= 4 is 5.52 Å². The highest BCUT2D eigenvalue weighted by Crippen LogP contribution is 2.26. The molecule has 1 saturated heterocycles. The molecule has 4 rings (SSSR count). The summed E-state index contributed by atoms with van der Waals surface area (Å²) < 4.78 is 1.71. The van der Waals surface area contributed by atoms with Crippen LogP contribution in [0.15, 0.2) is 47.5 Å². The number of nitrogens with one attached hydrogen (secondary N) is 1. The van der Waals surface area contributed by atoms with E-state index in [2.05, 4.69) is 27.1 Å². The molecule has 0 radical (unpaired) electrons. The molecule has 5 nitrogen and oxygen atoms in total. The van der Waals surface area contributed by atoms with E-state index < -0.39 is 0 Å². The van der Waals surface area contributed by atoms with E-state index in [0.29, 0.717) is 5.52 Å². The minimum absolute atomic E-state index is 0.0748. The summed E-state index contributed by atoms with van der Waals surface area (Å²) >= 11 is 0. The predicted molar refractivity (Wildman–Crippen MR) is 90.4 cm³/mol. The second-order valence-electron chi connectivity index (χ2n) is 6.11. The van der Waals surface area contributed by atoms with Gasteiger partial charge < -0.3 is 4.98 Å². The Morgan fingerprint density at radius 2 is 1.87 bits per heavy atom. The lowest BCUT2D eigenvalue weighted by atomic mass is 10.0. The molecule has 1 aromatic carbocycles. The highest BCUT2D eigenvalue weighted by molar-refractivity contribution is 5.72. The molecular formula is C18H20N4O. The minimum atomic E-state index is -0.0748. The summed E-state index contributed by atoms with van der Waals surface area (Å²) in [5.41, 5.74) is 3.58. The van der Waals surface area contributed by atoms with Crippen molar-refractivity contribution < 1.29 is 0 Å². The van der Waals surface area contributed by atoms with Gasteiger partial charge in [0, 0.05) is 30.1 Å². The fraction of sp³-hybridized carbons (Fsp3) is 0.333. The van der Waals surface area contributed by atoms with Crippen LogP contribution < -0.4 is 5.56 Å². The molecule has 0 saturated carbocycles. The number of fused-ring (bicyclic) bond motifs is 1. The van der Waals surface area contributed by atoms with Gasteiger partial charge in [-0.2, -0.15) is 5.10 Å². The Morgan fingerprint density at radius 3 is 2.65 bits per heavy atom. The van der Waals surface area contributed by atoms with Crippen molar-refractivity contribution in [2.45, 2.75) is 25.8 Å². The Hall–Kier alpha value is -2.40. The van der Waals surface area contributed by atoms with Gasteiger partial charge in [0.05, 0.1) is 5.69 Å². The van der Waals surface area contributed by atoms with Crippen LogP contribution in [-0.4, -0.2) is 32.6 Å². The van der Waals surface area contributed by atoms with Crippen LogP contribution in [0.2, 0.25) is 0 Å². The Morgan fingerprint density at radius 1 is 1.09 bits per heavy atom. The van der Waals surface area contributed by atoms with Gasteiger partial charge in [0.15, 0.2) is 0 Å². The Kier molecular flexibility index (Phi) is 3.71. The topological polar surface area (TPSA) is 53.4 Å². The largest absolute Gasteiger partial charge is 0.326 e. The summed E-state index contributed by atoms with van der Waals surface area (Å²) in [4.78, 5) is 17.6. The summed E-state index contributed by atoms with van der Waals surface area (Å²) in [6.07, 6.45) is 7.22. The molecule has 3 aromatic rings. The summed E-state index contributed by atoms with van der Waals surface area (Å²) in [6, 6.07) is 10.1. The second-order valence-corrected chi connectivity index (χ2v) is 6.11. The van der Waals surface area contributed by atoms with Gasteiger partial charge in [-0.25, -0.2) is 4.52 Å². The smallest absolute Gasteiger partial charge is 0.274 e. The van der Waals surface area contributed by atoms with Crippen LogP contribution >= 0.6 is 0 Å². The number of aromatic nitrogens is 3. The monoisotopic (exact) mass is 308 g/mol. The normalized spacial score (nSPS) is 16.0. The third-order valence-electron chi connectivity index (χ3n) is 4.53. The molecule has 1 fully saturated rings. The molecule has 23 heavy (non-hydrogen) atoms. The predicted octanol–water partition coefficient (Wildman–Crippen LogP) is 2.68. The molecule has 0 bridgehead atoms. The zero-order chi connectivity index (χ0) is 15.6. The van der Waals surface area contributed by atoms with Crippen LogP contribution in [0.4, 0.5) is 0 Å². The minimum Gasteiger partial charge on any atom is -0.326 e. The van der Waals surface area contributed by atoms with E-state index in [4.69, 9.17) is 0 Å². The standard InChI is InChI=1S/C18H20N4O/c23-18-17-15(13-21-10-5-2-6-11-21)16(14-7-3-1-4-8-14)20-22(17)12-9-19-18/h1,3-4,7-9,12H,2,5-6,10-11,13H2,(H,19,23). The van der Waals surface area contributed by atoms with E-state index in [1.54, 1.807) is 10.7 Å². The number of nitrogens with zero attached hydrogens (tertiary/aromatic N) is 3. The van der Waals surface area contributed by atoms with Gasteiger partial charge >= 0.3 is 0 Å². The summed E-state index contributed by atoms with van der Waals surface area (Å²) in [6.45, 7) is 2.97. The fourth-order valence-electron chi connectivity index (χ4n) is 3.39. The van der Waals surface area contributed by atoms with Crippen LogP contribution in [0.3, 0.4) is 0 Å². The number of hydrogen-bond donors (Lipinski definition) is 1. The van der Waals surface area contributed by atoms with E-state index >= 15 is 0 Å². The lowest BCUT2D eigenvalue weighted by Gasteiger charge is -2.26. The van der Waals surface area contributed by atoms with Crippen molar-refractivity contribution in [1.29, 1.82) is 0 Å². The van der Waals surface area contributed by atoms with Gasteiger partial charge in [-0.15, -0.1) is 0 Å². The van der Waals surface area contributed by atoms with Crippen molar-refractivity contribution in [3.05, 3.63) is 58.6 Å². The van der Waals surface area contributed by atoms with E-state index in [0.717, 1.165) is 36.5 Å². The quantitative estimate of drug-likeness (QED) is 0.809. The molecule has 118 valence electrons. The number of rotatable bonds is 3. The van der Waals surface area contributed by atoms with Gasteiger partial charge in [-0.3, -0.25) is 9.69 Å². The first kappa shape index (κ1) is 14.2. The maximum atomic E-state index is 12.4. The molecule has 1 aliphatic heterocycles. The van der Waals surface area contributed by atoms with Crippen LogP contribution in [0.5, 0.6) is 0 Å². The van der Waals surface area contributed by atoms with Gasteiger partial charge in [-0.1, -0.05) is 36.8 Å². The summed E-state index contributed by atoms with van der Waals surface area (Å²) in [7, 11) is 0.